The molecule has 1 aromatic heterocycles. The molecule has 0 spiro atoms. The van der Waals surface area contributed by atoms with E-state index in [2.05, 4.69) is 23.3 Å². The second-order valence-electron chi connectivity index (χ2n) is 5.98. The number of urea groups is 1. The smallest absolute Gasteiger partial charge is 0.338 e. The average Bonchev–Trinajstić information content (AvgIpc) is 3.15. The maximum Gasteiger partial charge on any atom is 0.338 e. The number of anilines is 1. The third-order valence-corrected chi connectivity index (χ3v) is 4.25. The maximum atomic E-state index is 12.3. The molecule has 0 aliphatic rings. The SMILES string of the molecule is Cc1cc(C(=O)NC(=O)N(S)c2cccc(OCCc3ccccc3)c2)no1. The van der Waals surface area contributed by atoms with E-state index in [4.69, 9.17) is 9.26 Å². The van der Waals surface area contributed by atoms with E-state index in [1.165, 1.54) is 11.6 Å². The lowest BCUT2D eigenvalue weighted by molar-refractivity contribution is 0.0957. The van der Waals surface area contributed by atoms with Gasteiger partial charge in [0.05, 0.1) is 12.3 Å². The molecule has 1 heterocycles. The fourth-order valence-electron chi connectivity index (χ4n) is 2.44. The molecule has 7 nitrogen and oxygen atoms in total. The highest BCUT2D eigenvalue weighted by Crippen LogP contribution is 2.23. The van der Waals surface area contributed by atoms with Crippen LogP contribution in [0.25, 0.3) is 0 Å². The van der Waals surface area contributed by atoms with Crippen molar-refractivity contribution in [3.05, 3.63) is 77.7 Å². The van der Waals surface area contributed by atoms with E-state index in [0.717, 1.165) is 10.7 Å². The van der Waals surface area contributed by atoms with Crippen LogP contribution in [0.3, 0.4) is 0 Å². The quantitative estimate of drug-likeness (QED) is 0.618. The Morgan fingerprint density at radius 2 is 1.93 bits per heavy atom. The standard InChI is InChI=1S/C20H19N3O4S/c1-14-12-18(22-27-14)19(24)21-20(25)23(28)16-8-5-9-17(13-16)26-11-10-15-6-3-2-4-7-15/h2-9,12-13,28H,10-11H2,1H3,(H,21,24,25). The molecule has 8 heteroatoms. The van der Waals surface area contributed by atoms with Gasteiger partial charge in [0.2, 0.25) is 0 Å². The summed E-state index contributed by atoms with van der Waals surface area (Å²) in [4.78, 5) is 24.3. The summed E-state index contributed by atoms with van der Waals surface area (Å²) in [5, 5.41) is 5.77. The number of hydrogen-bond donors (Lipinski definition) is 2. The van der Waals surface area contributed by atoms with E-state index in [-0.39, 0.29) is 5.69 Å². The number of aromatic nitrogens is 1. The van der Waals surface area contributed by atoms with Crippen molar-refractivity contribution in [2.24, 2.45) is 0 Å². The minimum atomic E-state index is -0.713. The van der Waals surface area contributed by atoms with E-state index in [1.807, 2.05) is 30.3 Å². The van der Waals surface area contributed by atoms with Crippen LogP contribution in [0.4, 0.5) is 10.5 Å². The number of aryl methyl sites for hydroxylation is 1. The Morgan fingerprint density at radius 3 is 2.64 bits per heavy atom. The Labute approximate surface area is 167 Å². The molecule has 0 atom stereocenters. The van der Waals surface area contributed by atoms with E-state index >= 15 is 0 Å². The summed E-state index contributed by atoms with van der Waals surface area (Å²) in [7, 11) is 0. The molecule has 144 valence electrons. The van der Waals surface area contributed by atoms with Crippen molar-refractivity contribution < 1.29 is 18.8 Å². The highest BCUT2D eigenvalue weighted by Gasteiger charge is 2.19. The topological polar surface area (TPSA) is 84.7 Å². The molecule has 0 saturated heterocycles. The molecule has 3 aromatic rings. The lowest BCUT2D eigenvalue weighted by Gasteiger charge is -2.16. The van der Waals surface area contributed by atoms with E-state index < -0.39 is 11.9 Å². The molecule has 0 aliphatic carbocycles. The van der Waals surface area contributed by atoms with Gasteiger partial charge in [0, 0.05) is 18.6 Å². The maximum absolute atomic E-state index is 12.3. The van der Waals surface area contributed by atoms with E-state index in [9.17, 15) is 9.59 Å². The van der Waals surface area contributed by atoms with Gasteiger partial charge in [-0.15, -0.1) is 0 Å². The Bertz CT molecular complexity index is 959. The lowest BCUT2D eigenvalue weighted by Crippen LogP contribution is -2.38. The van der Waals surface area contributed by atoms with E-state index in [0.29, 0.717) is 23.8 Å². The van der Waals surface area contributed by atoms with Crippen LogP contribution < -0.4 is 14.4 Å². The van der Waals surface area contributed by atoms with Gasteiger partial charge in [-0.1, -0.05) is 54.4 Å². The molecule has 28 heavy (non-hydrogen) atoms. The summed E-state index contributed by atoms with van der Waals surface area (Å²) in [6.45, 7) is 2.15. The van der Waals surface area contributed by atoms with Crippen LogP contribution >= 0.6 is 12.8 Å². The van der Waals surface area contributed by atoms with Gasteiger partial charge < -0.3 is 9.26 Å². The van der Waals surface area contributed by atoms with Crippen LogP contribution in [0.1, 0.15) is 21.8 Å². The number of carbonyl (C=O) groups is 2. The monoisotopic (exact) mass is 397 g/mol. The van der Waals surface area contributed by atoms with Crippen molar-refractivity contribution in [1.82, 2.24) is 10.5 Å². The summed E-state index contributed by atoms with van der Waals surface area (Å²) < 4.78 is 11.6. The minimum absolute atomic E-state index is 0.0191. The highest BCUT2D eigenvalue weighted by molar-refractivity contribution is 7.82. The summed E-state index contributed by atoms with van der Waals surface area (Å²) in [6.07, 6.45) is 0.766. The molecule has 0 radical (unpaired) electrons. The number of hydrogen-bond acceptors (Lipinski definition) is 6. The first-order valence-corrected chi connectivity index (χ1v) is 8.97. The lowest BCUT2D eigenvalue weighted by atomic mass is 10.2. The van der Waals surface area contributed by atoms with E-state index in [1.54, 1.807) is 31.2 Å². The van der Waals surface area contributed by atoms with Gasteiger partial charge >= 0.3 is 6.03 Å². The third-order valence-electron chi connectivity index (χ3n) is 3.84. The minimum Gasteiger partial charge on any atom is -0.493 e. The second-order valence-corrected chi connectivity index (χ2v) is 6.38. The molecule has 0 bridgehead atoms. The van der Waals surface area contributed by atoms with Crippen LogP contribution in [0, 0.1) is 6.92 Å². The van der Waals surface area contributed by atoms with Crippen molar-refractivity contribution in [2.75, 3.05) is 10.9 Å². The molecule has 3 amide bonds. The third kappa shape index (κ3) is 5.14. The van der Waals surface area contributed by atoms with Crippen LogP contribution in [0.2, 0.25) is 0 Å². The Balaban J connectivity index is 1.57. The first kappa shape index (κ1) is 19.5. The zero-order chi connectivity index (χ0) is 19.9. The van der Waals surface area contributed by atoms with Crippen molar-refractivity contribution in [2.45, 2.75) is 13.3 Å². The van der Waals surface area contributed by atoms with Crippen LogP contribution in [0.5, 0.6) is 5.75 Å². The molecule has 0 aliphatic heterocycles. The van der Waals surface area contributed by atoms with Crippen LogP contribution in [-0.4, -0.2) is 23.7 Å². The summed E-state index contributed by atoms with van der Waals surface area (Å²) in [6, 6.07) is 17.6. The van der Waals surface area contributed by atoms with Crippen molar-refractivity contribution in [1.29, 1.82) is 0 Å². The van der Waals surface area contributed by atoms with Gasteiger partial charge in [0.25, 0.3) is 5.91 Å². The Kier molecular flexibility index (Phi) is 6.33. The normalized spacial score (nSPS) is 10.4. The molecular weight excluding hydrogens is 378 g/mol. The number of thiol groups is 1. The van der Waals surface area contributed by atoms with Gasteiger partial charge in [-0.05, 0) is 24.6 Å². The molecule has 0 unspecified atom stereocenters. The number of nitrogens with zero attached hydrogens (tertiary/aromatic N) is 2. The molecule has 0 fully saturated rings. The summed E-state index contributed by atoms with van der Waals surface area (Å²) in [5.74, 6) is 0.399. The number of ether oxygens (including phenoxy) is 1. The molecule has 2 aromatic carbocycles. The Hall–Kier alpha value is -3.26. The number of rotatable bonds is 6. The predicted molar refractivity (Wildman–Crippen MR) is 108 cm³/mol. The fraction of sp³-hybridized carbons (Fsp3) is 0.150. The zero-order valence-corrected chi connectivity index (χ0v) is 16.1. The Morgan fingerprint density at radius 1 is 1.14 bits per heavy atom. The van der Waals surface area contributed by atoms with Gasteiger partial charge in [0.15, 0.2) is 5.69 Å². The van der Waals surface area contributed by atoms with Crippen molar-refractivity contribution in [3.63, 3.8) is 0 Å². The van der Waals surface area contributed by atoms with Crippen molar-refractivity contribution in [3.8, 4) is 5.75 Å². The predicted octanol–water partition coefficient (Wildman–Crippen LogP) is 3.81. The summed E-state index contributed by atoms with van der Waals surface area (Å²) in [5.41, 5.74) is 1.66. The number of imide groups is 1. The van der Waals surface area contributed by atoms with Gasteiger partial charge in [0.1, 0.15) is 11.5 Å². The van der Waals surface area contributed by atoms with Gasteiger partial charge in [-0.2, -0.15) is 0 Å². The summed E-state index contributed by atoms with van der Waals surface area (Å²) >= 11 is 4.17. The first-order valence-electron chi connectivity index (χ1n) is 8.57. The van der Waals surface area contributed by atoms with Gasteiger partial charge in [-0.3, -0.25) is 10.1 Å². The number of carbonyl (C=O) groups excluding carboxylic acids is 2. The van der Waals surface area contributed by atoms with Crippen LogP contribution in [0.15, 0.2) is 65.2 Å². The number of benzene rings is 2. The van der Waals surface area contributed by atoms with Gasteiger partial charge in [-0.25, -0.2) is 9.10 Å². The molecule has 0 saturated carbocycles. The fourth-order valence-corrected chi connectivity index (χ4v) is 2.62. The number of amides is 3. The highest BCUT2D eigenvalue weighted by atomic mass is 32.1. The second kappa shape index (κ2) is 9.09. The number of nitrogens with one attached hydrogen (secondary N) is 1. The average molecular weight is 397 g/mol. The molecular formula is C20H19N3O4S. The molecule has 3 rings (SSSR count). The largest absolute Gasteiger partial charge is 0.493 e. The zero-order valence-electron chi connectivity index (χ0n) is 15.2. The van der Waals surface area contributed by atoms with Crippen LogP contribution in [-0.2, 0) is 6.42 Å². The van der Waals surface area contributed by atoms with Crippen molar-refractivity contribution >= 4 is 30.4 Å². The first-order chi connectivity index (χ1) is 13.5. The molecule has 1 N–H and O–H groups in total.